The molecule has 0 bridgehead atoms. The molecule has 98 valence electrons. The van der Waals surface area contributed by atoms with Crippen molar-refractivity contribution in [2.75, 3.05) is 0 Å². The molecular formula is C3H3F6NO4S2. The SMILES string of the molecule is O=S1(=O)N[SH](=O)(O)C(F)(F)C(F)(F)C1(F)F. The maximum Gasteiger partial charge on any atom is 0.430 e. The van der Waals surface area contributed by atoms with Gasteiger partial charge in [-0.15, -0.1) is 4.13 Å². The molecule has 1 aliphatic heterocycles. The molecule has 0 aromatic rings. The maximum atomic E-state index is 12.5. The van der Waals surface area contributed by atoms with Gasteiger partial charge in [-0.25, -0.2) is 8.42 Å². The third-order valence-corrected chi connectivity index (χ3v) is 5.63. The van der Waals surface area contributed by atoms with Gasteiger partial charge in [0, 0.05) is 0 Å². The third-order valence-electron chi connectivity index (χ3n) is 1.71. The van der Waals surface area contributed by atoms with Crippen molar-refractivity contribution in [1.29, 1.82) is 0 Å². The highest BCUT2D eigenvalue weighted by Gasteiger charge is 2.84. The summed E-state index contributed by atoms with van der Waals surface area (Å²) >= 11 is 0. The summed E-state index contributed by atoms with van der Waals surface area (Å²) in [6.07, 6.45) is 0. The van der Waals surface area contributed by atoms with Crippen LogP contribution in [-0.4, -0.2) is 33.6 Å². The molecule has 16 heavy (non-hydrogen) atoms. The first kappa shape index (κ1) is 13.7. The molecule has 1 saturated heterocycles. The van der Waals surface area contributed by atoms with E-state index in [4.69, 9.17) is 4.55 Å². The van der Waals surface area contributed by atoms with Crippen molar-refractivity contribution in [3.05, 3.63) is 0 Å². The van der Waals surface area contributed by atoms with Gasteiger partial charge in [0.1, 0.15) is 0 Å². The van der Waals surface area contributed by atoms with Crippen LogP contribution in [0.1, 0.15) is 0 Å². The smallest absolute Gasteiger partial charge is 0.287 e. The van der Waals surface area contributed by atoms with Gasteiger partial charge in [-0.05, 0) is 0 Å². The Kier molecular flexibility index (Phi) is 2.46. The summed E-state index contributed by atoms with van der Waals surface area (Å²) in [5.41, 5.74) is 0. The van der Waals surface area contributed by atoms with Gasteiger partial charge in [-0.3, -0.25) is 4.55 Å². The highest BCUT2D eigenvalue weighted by molar-refractivity contribution is 8.09. The topological polar surface area (TPSA) is 83.5 Å². The number of sulfonamides is 1. The van der Waals surface area contributed by atoms with Crippen LogP contribution in [0.15, 0.2) is 0 Å². The lowest BCUT2D eigenvalue weighted by molar-refractivity contribution is -0.248. The van der Waals surface area contributed by atoms with Crippen LogP contribution in [0.4, 0.5) is 26.3 Å². The fraction of sp³-hybridized carbons (Fsp3) is 1.00. The Balaban J connectivity index is 3.63. The first-order chi connectivity index (χ1) is 6.71. The van der Waals surface area contributed by atoms with Crippen molar-refractivity contribution < 1.29 is 43.5 Å². The summed E-state index contributed by atoms with van der Waals surface area (Å²) in [6, 6.07) is 0. The Bertz CT molecular complexity index is 470. The van der Waals surface area contributed by atoms with Crippen LogP contribution in [-0.2, 0) is 20.4 Å². The van der Waals surface area contributed by atoms with Crippen LogP contribution in [0.5, 0.6) is 0 Å². The summed E-state index contributed by atoms with van der Waals surface area (Å²) in [5, 5.41) is -12.3. The summed E-state index contributed by atoms with van der Waals surface area (Å²) in [7, 11) is -12.9. The van der Waals surface area contributed by atoms with Gasteiger partial charge >= 0.3 is 16.4 Å². The number of hydrogen-bond donors (Lipinski definition) is 3. The number of halogens is 6. The number of nitrogens with one attached hydrogen (secondary N) is 1. The lowest BCUT2D eigenvalue weighted by Crippen LogP contribution is -2.73. The molecule has 0 aliphatic carbocycles. The Labute approximate surface area is 85.2 Å². The highest BCUT2D eigenvalue weighted by Crippen LogP contribution is 2.54. The summed E-state index contributed by atoms with van der Waals surface area (Å²) in [4.78, 5) is 0. The third kappa shape index (κ3) is 1.25. The monoisotopic (exact) mass is 295 g/mol. The fourth-order valence-electron chi connectivity index (χ4n) is 0.812. The molecule has 1 fully saturated rings. The molecule has 1 aliphatic rings. The van der Waals surface area contributed by atoms with Gasteiger partial charge in [0.25, 0.3) is 10.0 Å². The minimum Gasteiger partial charge on any atom is -0.287 e. The molecule has 0 aromatic heterocycles. The molecule has 0 spiro atoms. The Hall–Kier alpha value is -0.400. The quantitative estimate of drug-likeness (QED) is 0.439. The predicted octanol–water partition coefficient (Wildman–Crippen LogP) is 0.145. The van der Waals surface area contributed by atoms with Gasteiger partial charge in [-0.1, -0.05) is 10.4 Å². The van der Waals surface area contributed by atoms with E-state index in [1.165, 1.54) is 0 Å². The van der Waals surface area contributed by atoms with Crippen molar-refractivity contribution in [1.82, 2.24) is 4.13 Å². The summed E-state index contributed by atoms with van der Waals surface area (Å²) in [6.45, 7) is 0. The van der Waals surface area contributed by atoms with E-state index in [0.29, 0.717) is 0 Å². The molecule has 1 heterocycles. The maximum absolute atomic E-state index is 12.5. The highest BCUT2D eigenvalue weighted by atomic mass is 32.3. The van der Waals surface area contributed by atoms with Crippen LogP contribution in [0, 0.1) is 0 Å². The lowest BCUT2D eigenvalue weighted by Gasteiger charge is -2.43. The van der Waals surface area contributed by atoms with E-state index in [-0.39, 0.29) is 4.13 Å². The van der Waals surface area contributed by atoms with Crippen LogP contribution in [0.3, 0.4) is 0 Å². The zero-order valence-corrected chi connectivity index (χ0v) is 8.51. The van der Waals surface area contributed by atoms with Crippen LogP contribution < -0.4 is 4.13 Å². The summed E-state index contributed by atoms with van der Waals surface area (Å²) in [5.74, 6) is -6.49. The standard InChI is InChI=1S/C3H3F6NO4S2/c4-1(5)2(6,7)15(11,12)10-16(13,14)3(1,8)9/h15H,(H2,10,11,12). The minimum atomic E-state index is -6.51. The van der Waals surface area contributed by atoms with Gasteiger partial charge in [-0.2, -0.15) is 30.6 Å². The van der Waals surface area contributed by atoms with Gasteiger partial charge in [0.05, 0.1) is 0 Å². The van der Waals surface area contributed by atoms with E-state index in [9.17, 15) is 39.0 Å². The molecule has 2 N–H and O–H groups in total. The first-order valence-corrected chi connectivity index (χ1v) is 6.35. The molecule has 0 amide bonds. The van der Waals surface area contributed by atoms with E-state index in [1.54, 1.807) is 0 Å². The normalized spacial score (nSPS) is 35.2. The van der Waals surface area contributed by atoms with Crippen molar-refractivity contribution >= 4 is 20.4 Å². The number of alkyl halides is 6. The molecule has 13 heteroatoms. The molecule has 0 saturated carbocycles. The number of rotatable bonds is 0. The zero-order chi connectivity index (χ0) is 13.2. The zero-order valence-electron chi connectivity index (χ0n) is 6.80. The van der Waals surface area contributed by atoms with E-state index >= 15 is 0 Å². The average Bonchev–Trinajstić information content (AvgIpc) is 1.98. The van der Waals surface area contributed by atoms with Crippen LogP contribution >= 0.6 is 0 Å². The number of thiol groups is 1. The van der Waals surface area contributed by atoms with Crippen molar-refractivity contribution in [2.45, 2.75) is 16.4 Å². The van der Waals surface area contributed by atoms with Gasteiger partial charge < -0.3 is 0 Å². The Morgan fingerprint density at radius 1 is 1.06 bits per heavy atom. The summed E-state index contributed by atoms with van der Waals surface area (Å²) < 4.78 is 115. The van der Waals surface area contributed by atoms with E-state index in [1.807, 2.05) is 0 Å². The average molecular weight is 295 g/mol. The molecule has 0 atom stereocenters. The first-order valence-electron chi connectivity index (χ1n) is 3.21. The Morgan fingerprint density at radius 2 is 1.44 bits per heavy atom. The number of hydrogen-bond acceptors (Lipinski definition) is 3. The lowest BCUT2D eigenvalue weighted by atomic mass is 10.3. The molecular weight excluding hydrogens is 292 g/mol. The molecule has 1 rings (SSSR count). The second-order valence-electron chi connectivity index (χ2n) is 2.80. The van der Waals surface area contributed by atoms with E-state index < -0.39 is 36.9 Å². The second-order valence-corrected chi connectivity index (χ2v) is 6.77. The Morgan fingerprint density at radius 3 is 1.81 bits per heavy atom. The van der Waals surface area contributed by atoms with Crippen molar-refractivity contribution in [2.24, 2.45) is 0 Å². The largest absolute Gasteiger partial charge is 0.430 e. The minimum absolute atomic E-state index is 0.0285. The van der Waals surface area contributed by atoms with Gasteiger partial charge in [0.2, 0.25) is 0 Å². The van der Waals surface area contributed by atoms with Crippen molar-refractivity contribution in [3.8, 4) is 0 Å². The van der Waals surface area contributed by atoms with Crippen LogP contribution in [0.2, 0.25) is 0 Å². The molecule has 0 radical (unpaired) electrons. The van der Waals surface area contributed by atoms with Crippen LogP contribution in [0.25, 0.3) is 0 Å². The van der Waals surface area contributed by atoms with Crippen molar-refractivity contribution in [3.63, 3.8) is 0 Å². The predicted molar refractivity (Wildman–Crippen MR) is 39.1 cm³/mol. The van der Waals surface area contributed by atoms with Gasteiger partial charge in [0.15, 0.2) is 0 Å². The molecule has 0 unspecified atom stereocenters. The fourth-order valence-corrected chi connectivity index (χ4v) is 4.09. The second kappa shape index (κ2) is 2.88. The van der Waals surface area contributed by atoms with E-state index in [2.05, 4.69) is 0 Å². The molecule has 5 nitrogen and oxygen atoms in total. The molecule has 0 aromatic carbocycles. The van der Waals surface area contributed by atoms with E-state index in [0.717, 1.165) is 0 Å².